The van der Waals surface area contributed by atoms with Gasteiger partial charge in [0, 0.05) is 13.2 Å². The van der Waals surface area contributed by atoms with Crippen molar-refractivity contribution < 1.29 is 0 Å². The van der Waals surface area contributed by atoms with Crippen LogP contribution in [0.1, 0.15) is 13.8 Å². The van der Waals surface area contributed by atoms with Crippen molar-refractivity contribution >= 4 is 5.65 Å². The average Bonchev–Trinajstić information content (AvgIpc) is 2.60. The molecule has 0 radical (unpaired) electrons. The van der Waals surface area contributed by atoms with E-state index in [1.807, 2.05) is 48.3 Å². The van der Waals surface area contributed by atoms with Crippen molar-refractivity contribution in [3.05, 3.63) is 24.7 Å². The van der Waals surface area contributed by atoms with Gasteiger partial charge in [-0.1, -0.05) is 13.8 Å². The minimum absolute atomic E-state index is 1.12. The van der Waals surface area contributed by atoms with Crippen LogP contribution < -0.4 is 0 Å². The molecule has 3 nitrogen and oxygen atoms in total. The van der Waals surface area contributed by atoms with Gasteiger partial charge in [0.1, 0.15) is 12.0 Å². The monoisotopic (exact) mass is 151 g/mol. The van der Waals surface area contributed by atoms with Crippen LogP contribution in [0.15, 0.2) is 24.7 Å². The minimum atomic E-state index is 1.12. The topological polar surface area (TPSA) is 22.2 Å². The number of rotatable bonds is 0. The van der Waals surface area contributed by atoms with E-state index in [2.05, 4.69) is 5.10 Å². The molecule has 2 rings (SSSR count). The van der Waals surface area contributed by atoms with E-state index in [-0.39, 0.29) is 0 Å². The fourth-order valence-electron chi connectivity index (χ4n) is 0.949. The first-order chi connectivity index (χ1) is 5.38. The third-order valence-corrected chi connectivity index (χ3v) is 1.44. The van der Waals surface area contributed by atoms with Crippen LogP contribution in [0, 0.1) is 0 Å². The Bertz CT molecular complexity index is 319. The summed E-state index contributed by atoms with van der Waals surface area (Å²) in [6.07, 6.45) is 3.76. The van der Waals surface area contributed by atoms with Gasteiger partial charge in [-0.25, -0.2) is 0 Å². The lowest BCUT2D eigenvalue weighted by molar-refractivity contribution is 0.797. The van der Waals surface area contributed by atoms with Gasteiger partial charge in [-0.2, -0.15) is 5.10 Å². The molecule has 2 heterocycles. The number of aromatic nitrogens is 3. The van der Waals surface area contributed by atoms with Crippen LogP contribution in [-0.4, -0.2) is 14.2 Å². The van der Waals surface area contributed by atoms with E-state index in [1.165, 1.54) is 0 Å². The van der Waals surface area contributed by atoms with Gasteiger partial charge in [-0.15, -0.1) is 0 Å². The summed E-state index contributed by atoms with van der Waals surface area (Å²) >= 11 is 0. The zero-order valence-electron chi connectivity index (χ0n) is 7.15. The van der Waals surface area contributed by atoms with Crippen LogP contribution in [0.2, 0.25) is 0 Å². The Morgan fingerprint density at radius 1 is 1.36 bits per heavy atom. The molecule has 0 saturated carbocycles. The molecule has 0 amide bonds. The van der Waals surface area contributed by atoms with Gasteiger partial charge < -0.3 is 0 Å². The molecule has 2 aromatic rings. The van der Waals surface area contributed by atoms with Crippen molar-refractivity contribution in [1.82, 2.24) is 14.2 Å². The molecular weight excluding hydrogens is 138 g/mol. The Hall–Kier alpha value is -1.25. The Labute approximate surface area is 66.3 Å². The van der Waals surface area contributed by atoms with E-state index in [9.17, 15) is 0 Å². The highest BCUT2D eigenvalue weighted by molar-refractivity contribution is 5.37. The van der Waals surface area contributed by atoms with Crippen LogP contribution in [0.4, 0.5) is 0 Å². The predicted octanol–water partition coefficient (Wildman–Crippen LogP) is 1.70. The molecule has 0 aliphatic heterocycles. The Morgan fingerprint density at radius 3 is 2.73 bits per heavy atom. The van der Waals surface area contributed by atoms with Crippen LogP contribution in [0.25, 0.3) is 5.65 Å². The highest BCUT2D eigenvalue weighted by Gasteiger charge is 1.93. The van der Waals surface area contributed by atoms with E-state index in [0.29, 0.717) is 0 Å². The summed E-state index contributed by atoms with van der Waals surface area (Å²) in [6.45, 7) is 4.00. The first-order valence-electron chi connectivity index (χ1n) is 3.82. The second-order valence-electron chi connectivity index (χ2n) is 2.03. The maximum Gasteiger partial charge on any atom is 0.134 e. The molecule has 0 saturated heterocycles. The largest absolute Gasteiger partial charge is 0.291 e. The van der Waals surface area contributed by atoms with Crippen LogP contribution in [0.5, 0.6) is 0 Å². The fourth-order valence-corrected chi connectivity index (χ4v) is 0.949. The summed E-state index contributed by atoms with van der Waals surface area (Å²) in [6, 6.07) is 4.02. The van der Waals surface area contributed by atoms with E-state index in [0.717, 1.165) is 5.65 Å². The van der Waals surface area contributed by atoms with Crippen molar-refractivity contribution in [2.24, 2.45) is 7.05 Å². The van der Waals surface area contributed by atoms with E-state index in [4.69, 9.17) is 0 Å². The van der Waals surface area contributed by atoms with E-state index < -0.39 is 0 Å². The van der Waals surface area contributed by atoms with Gasteiger partial charge in [0.25, 0.3) is 0 Å². The van der Waals surface area contributed by atoms with Gasteiger partial charge in [0.05, 0.1) is 0 Å². The molecule has 0 N–H and O–H groups in total. The Morgan fingerprint density at radius 2 is 2.09 bits per heavy atom. The van der Waals surface area contributed by atoms with Crippen LogP contribution in [0.3, 0.4) is 0 Å². The van der Waals surface area contributed by atoms with Crippen molar-refractivity contribution in [2.45, 2.75) is 13.8 Å². The van der Waals surface area contributed by atoms with Gasteiger partial charge in [0.15, 0.2) is 0 Å². The lowest BCUT2D eigenvalue weighted by Crippen LogP contribution is -1.87. The smallest absolute Gasteiger partial charge is 0.134 e. The SMILES string of the molecule is CC.Cn1ncn2cccc12. The minimum Gasteiger partial charge on any atom is -0.291 e. The predicted molar refractivity (Wildman–Crippen MR) is 45.5 cm³/mol. The number of nitrogens with zero attached hydrogens (tertiary/aromatic N) is 3. The summed E-state index contributed by atoms with van der Waals surface area (Å²) < 4.78 is 3.81. The molecule has 60 valence electrons. The van der Waals surface area contributed by atoms with Crippen molar-refractivity contribution in [1.29, 1.82) is 0 Å². The second-order valence-corrected chi connectivity index (χ2v) is 2.03. The number of hydrogen-bond donors (Lipinski definition) is 0. The van der Waals surface area contributed by atoms with Gasteiger partial charge in [-0.05, 0) is 12.1 Å². The van der Waals surface area contributed by atoms with Crippen molar-refractivity contribution in [2.75, 3.05) is 0 Å². The lowest BCUT2D eigenvalue weighted by atomic mass is 10.6. The Balaban J connectivity index is 0.000000281. The Kier molecular flexibility index (Phi) is 2.31. The average molecular weight is 151 g/mol. The third kappa shape index (κ3) is 1.27. The molecule has 0 bridgehead atoms. The quantitative estimate of drug-likeness (QED) is 0.561. The van der Waals surface area contributed by atoms with Crippen LogP contribution >= 0.6 is 0 Å². The molecule has 2 aromatic heterocycles. The first-order valence-corrected chi connectivity index (χ1v) is 3.82. The summed E-state index contributed by atoms with van der Waals surface area (Å²) in [5, 5.41) is 4.04. The van der Waals surface area contributed by atoms with Crippen molar-refractivity contribution in [3.63, 3.8) is 0 Å². The lowest BCUT2D eigenvalue weighted by Gasteiger charge is -1.83. The summed E-state index contributed by atoms with van der Waals surface area (Å²) in [5.41, 5.74) is 1.12. The van der Waals surface area contributed by atoms with Crippen LogP contribution in [-0.2, 0) is 7.05 Å². The number of aryl methyl sites for hydroxylation is 1. The maximum absolute atomic E-state index is 4.04. The molecule has 3 heteroatoms. The normalized spacial score (nSPS) is 9.36. The molecule has 0 atom stereocenters. The fraction of sp³-hybridized carbons (Fsp3) is 0.375. The summed E-state index contributed by atoms with van der Waals surface area (Å²) in [4.78, 5) is 0. The number of hydrogen-bond acceptors (Lipinski definition) is 1. The molecule has 0 fully saturated rings. The second kappa shape index (κ2) is 3.23. The molecule has 0 unspecified atom stereocenters. The highest BCUT2D eigenvalue weighted by Crippen LogP contribution is 1.99. The van der Waals surface area contributed by atoms with Gasteiger partial charge in [0.2, 0.25) is 0 Å². The highest BCUT2D eigenvalue weighted by atomic mass is 15.3. The molecule has 0 spiro atoms. The molecule has 11 heavy (non-hydrogen) atoms. The van der Waals surface area contributed by atoms with Gasteiger partial charge in [-0.3, -0.25) is 9.08 Å². The summed E-state index contributed by atoms with van der Waals surface area (Å²) in [7, 11) is 1.93. The first kappa shape index (κ1) is 7.85. The zero-order chi connectivity index (χ0) is 8.27. The molecule has 0 aliphatic carbocycles. The summed E-state index contributed by atoms with van der Waals surface area (Å²) in [5.74, 6) is 0. The molecule has 0 aliphatic rings. The molecule has 0 aromatic carbocycles. The van der Waals surface area contributed by atoms with E-state index >= 15 is 0 Å². The van der Waals surface area contributed by atoms with E-state index in [1.54, 1.807) is 6.33 Å². The molecular formula is C8H13N3. The number of fused-ring (bicyclic) bond motifs is 1. The standard InChI is InChI=1S/C6H7N3.C2H6/c1-8-6-3-2-4-9(6)5-7-8;1-2/h2-5H,1H3;1-2H3. The van der Waals surface area contributed by atoms with Gasteiger partial charge >= 0.3 is 0 Å². The third-order valence-electron chi connectivity index (χ3n) is 1.44. The maximum atomic E-state index is 4.04. The zero-order valence-corrected chi connectivity index (χ0v) is 7.15. The van der Waals surface area contributed by atoms with Crippen molar-refractivity contribution in [3.8, 4) is 0 Å².